The molecule has 6 rings (SSSR count). The van der Waals surface area contributed by atoms with Crippen LogP contribution < -0.4 is 0 Å². The van der Waals surface area contributed by atoms with Crippen molar-refractivity contribution in [2.24, 2.45) is 0 Å². The molecule has 3 heterocycles. The maximum absolute atomic E-state index is 13.3. The van der Waals surface area contributed by atoms with E-state index in [1.807, 2.05) is 48.5 Å². The average molecular weight is 441 g/mol. The van der Waals surface area contributed by atoms with Crippen molar-refractivity contribution in [1.82, 2.24) is 20.1 Å². The molecule has 2 aliphatic rings. The maximum Gasteiger partial charge on any atom is 0.359 e. The van der Waals surface area contributed by atoms with E-state index >= 15 is 0 Å². The van der Waals surface area contributed by atoms with Crippen molar-refractivity contribution < 1.29 is 14.3 Å². The van der Waals surface area contributed by atoms with E-state index in [1.165, 1.54) is 18.4 Å². The van der Waals surface area contributed by atoms with E-state index in [0.29, 0.717) is 31.1 Å². The molecule has 166 valence electrons. The van der Waals surface area contributed by atoms with Crippen LogP contribution in [-0.2, 0) is 24.3 Å². The minimum Gasteiger partial charge on any atom is -0.456 e. The molecule has 0 spiro atoms. The number of rotatable bonds is 5. The topological polar surface area (TPSA) is 91.1 Å². The van der Waals surface area contributed by atoms with Gasteiger partial charge in [0.1, 0.15) is 12.3 Å². The van der Waals surface area contributed by atoms with E-state index in [2.05, 4.69) is 21.2 Å². The largest absolute Gasteiger partial charge is 0.456 e. The monoisotopic (exact) mass is 440 g/mol. The second-order valence-corrected chi connectivity index (χ2v) is 8.83. The quantitative estimate of drug-likeness (QED) is 0.452. The molecular weight excluding hydrogens is 416 g/mol. The first-order valence-electron chi connectivity index (χ1n) is 11.4. The van der Waals surface area contributed by atoms with Gasteiger partial charge in [-0.1, -0.05) is 42.5 Å². The molecule has 7 nitrogen and oxygen atoms in total. The SMILES string of the molecule is O=C(OCc1ccccc1)c1n[nH]c2c1CN(C(=O)c1cc3c(C4CC4)cccc3[nH]1)CC2. The van der Waals surface area contributed by atoms with E-state index in [0.717, 1.165) is 27.7 Å². The van der Waals surface area contributed by atoms with Gasteiger partial charge in [0.05, 0.1) is 6.54 Å². The Hall–Kier alpha value is -3.87. The predicted molar refractivity (Wildman–Crippen MR) is 123 cm³/mol. The molecule has 0 radical (unpaired) electrons. The molecule has 1 saturated carbocycles. The summed E-state index contributed by atoms with van der Waals surface area (Å²) in [5.74, 6) is 0.0640. The second-order valence-electron chi connectivity index (χ2n) is 8.83. The van der Waals surface area contributed by atoms with Crippen molar-refractivity contribution in [2.75, 3.05) is 6.54 Å². The molecule has 0 bridgehead atoms. The molecule has 2 aromatic heterocycles. The van der Waals surface area contributed by atoms with Crippen molar-refractivity contribution in [2.45, 2.75) is 38.3 Å². The number of H-pyrrole nitrogens is 2. The smallest absolute Gasteiger partial charge is 0.359 e. The number of benzene rings is 2. The Labute approximate surface area is 190 Å². The number of aromatic amines is 2. The van der Waals surface area contributed by atoms with Crippen LogP contribution in [0.4, 0.5) is 0 Å². The summed E-state index contributed by atoms with van der Waals surface area (Å²) in [5, 5.41) is 8.29. The number of amides is 1. The zero-order chi connectivity index (χ0) is 22.4. The van der Waals surface area contributed by atoms with Crippen LogP contribution in [0.3, 0.4) is 0 Å². The number of esters is 1. The molecule has 7 heteroatoms. The molecule has 1 amide bonds. The number of ether oxygens (including phenoxy) is 1. The number of hydrogen-bond donors (Lipinski definition) is 2. The molecule has 4 aromatic rings. The third-order valence-corrected chi connectivity index (χ3v) is 6.57. The lowest BCUT2D eigenvalue weighted by Gasteiger charge is -2.26. The highest BCUT2D eigenvalue weighted by molar-refractivity contribution is 5.99. The number of carbonyl (C=O) groups is 2. The summed E-state index contributed by atoms with van der Waals surface area (Å²) in [7, 11) is 0. The molecule has 33 heavy (non-hydrogen) atoms. The van der Waals surface area contributed by atoms with Crippen molar-refractivity contribution in [3.63, 3.8) is 0 Å². The first kappa shape index (κ1) is 19.8. The van der Waals surface area contributed by atoms with E-state index in [4.69, 9.17) is 4.74 Å². The van der Waals surface area contributed by atoms with Gasteiger partial charge in [0, 0.05) is 35.1 Å². The average Bonchev–Trinajstić information content (AvgIpc) is 3.46. The summed E-state index contributed by atoms with van der Waals surface area (Å²) in [6.45, 7) is 1.07. The summed E-state index contributed by atoms with van der Waals surface area (Å²) in [5.41, 5.74) is 5.69. The van der Waals surface area contributed by atoms with Gasteiger partial charge in [0.15, 0.2) is 5.69 Å². The molecule has 1 aliphatic carbocycles. The molecule has 1 aliphatic heterocycles. The summed E-state index contributed by atoms with van der Waals surface area (Å²) >= 11 is 0. The number of fused-ring (bicyclic) bond motifs is 2. The fourth-order valence-electron chi connectivity index (χ4n) is 4.64. The van der Waals surface area contributed by atoms with Gasteiger partial charge in [0.25, 0.3) is 5.91 Å². The Balaban J connectivity index is 1.20. The maximum atomic E-state index is 13.3. The normalized spacial score (nSPS) is 15.5. The van der Waals surface area contributed by atoms with Crippen LogP contribution in [-0.4, -0.2) is 38.5 Å². The summed E-state index contributed by atoms with van der Waals surface area (Å²) < 4.78 is 5.47. The lowest BCUT2D eigenvalue weighted by atomic mass is 10.0. The minimum absolute atomic E-state index is 0.0663. The van der Waals surface area contributed by atoms with Gasteiger partial charge in [0.2, 0.25) is 0 Å². The van der Waals surface area contributed by atoms with Crippen LogP contribution in [0.1, 0.15) is 62.1 Å². The van der Waals surface area contributed by atoms with Crippen LogP contribution in [0, 0.1) is 0 Å². The third kappa shape index (κ3) is 3.69. The number of aromatic nitrogens is 3. The molecule has 0 unspecified atom stereocenters. The summed E-state index contributed by atoms with van der Waals surface area (Å²) in [4.78, 5) is 31.1. The highest BCUT2D eigenvalue weighted by atomic mass is 16.5. The molecule has 1 fully saturated rings. The first-order chi connectivity index (χ1) is 16.2. The van der Waals surface area contributed by atoms with Gasteiger partial charge in [-0.15, -0.1) is 0 Å². The van der Waals surface area contributed by atoms with Gasteiger partial charge < -0.3 is 14.6 Å². The van der Waals surface area contributed by atoms with E-state index in [9.17, 15) is 9.59 Å². The van der Waals surface area contributed by atoms with Crippen molar-refractivity contribution in [3.8, 4) is 0 Å². The number of nitrogens with zero attached hydrogens (tertiary/aromatic N) is 2. The lowest BCUT2D eigenvalue weighted by Crippen LogP contribution is -2.36. The predicted octanol–water partition coefficient (Wildman–Crippen LogP) is 4.32. The Morgan fingerprint density at radius 3 is 2.76 bits per heavy atom. The highest BCUT2D eigenvalue weighted by Gasteiger charge is 2.30. The van der Waals surface area contributed by atoms with Crippen LogP contribution >= 0.6 is 0 Å². The van der Waals surface area contributed by atoms with Gasteiger partial charge in [-0.3, -0.25) is 9.89 Å². The molecule has 0 saturated heterocycles. The van der Waals surface area contributed by atoms with Gasteiger partial charge in [-0.25, -0.2) is 4.79 Å². The van der Waals surface area contributed by atoms with Crippen molar-refractivity contribution >= 4 is 22.8 Å². The standard InChI is InChI=1S/C26H24N4O3/c31-25(23-13-19-18(17-9-10-17)7-4-8-21(19)27-23)30-12-11-22-20(14-30)24(29-28-22)26(32)33-15-16-5-2-1-3-6-16/h1-8,13,17,27H,9-12,14-15H2,(H,28,29). The molecule has 0 atom stereocenters. The van der Waals surface area contributed by atoms with E-state index in [1.54, 1.807) is 4.90 Å². The summed E-state index contributed by atoms with van der Waals surface area (Å²) in [6, 6.07) is 17.7. The highest BCUT2D eigenvalue weighted by Crippen LogP contribution is 2.43. The number of carbonyl (C=O) groups excluding carboxylic acids is 2. The Bertz CT molecular complexity index is 1350. The van der Waals surface area contributed by atoms with Crippen LogP contribution in [0.25, 0.3) is 10.9 Å². The van der Waals surface area contributed by atoms with Gasteiger partial charge in [-0.05, 0) is 42.0 Å². The zero-order valence-electron chi connectivity index (χ0n) is 18.1. The fourth-order valence-corrected chi connectivity index (χ4v) is 4.64. The minimum atomic E-state index is -0.481. The molecule has 2 N–H and O–H groups in total. The third-order valence-electron chi connectivity index (χ3n) is 6.57. The Morgan fingerprint density at radius 1 is 1.09 bits per heavy atom. The Morgan fingerprint density at radius 2 is 1.94 bits per heavy atom. The van der Waals surface area contributed by atoms with Gasteiger partial charge in [-0.2, -0.15) is 5.10 Å². The van der Waals surface area contributed by atoms with Crippen molar-refractivity contribution in [3.05, 3.63) is 88.4 Å². The Kier molecular flexibility index (Phi) is 4.75. The first-order valence-corrected chi connectivity index (χ1v) is 11.4. The fraction of sp³-hybridized carbons (Fsp3) is 0.269. The number of nitrogens with one attached hydrogen (secondary N) is 2. The zero-order valence-corrected chi connectivity index (χ0v) is 18.1. The van der Waals surface area contributed by atoms with Gasteiger partial charge >= 0.3 is 5.97 Å². The van der Waals surface area contributed by atoms with Crippen LogP contribution in [0.5, 0.6) is 0 Å². The van der Waals surface area contributed by atoms with E-state index < -0.39 is 5.97 Å². The van der Waals surface area contributed by atoms with Crippen molar-refractivity contribution in [1.29, 1.82) is 0 Å². The van der Waals surface area contributed by atoms with E-state index in [-0.39, 0.29) is 18.2 Å². The second kappa shape index (κ2) is 7.92. The summed E-state index contributed by atoms with van der Waals surface area (Å²) in [6.07, 6.45) is 3.05. The molecule has 2 aromatic carbocycles. The molecular formula is C26H24N4O3. The number of hydrogen-bond acceptors (Lipinski definition) is 4. The lowest BCUT2D eigenvalue weighted by molar-refractivity contribution is 0.0460. The van der Waals surface area contributed by atoms with Crippen LogP contribution in [0.2, 0.25) is 0 Å². The van der Waals surface area contributed by atoms with Crippen LogP contribution in [0.15, 0.2) is 54.6 Å².